The number of aromatic nitrogens is 4. The molecule has 0 N–H and O–H groups in total. The van der Waals surface area contributed by atoms with Gasteiger partial charge in [0.2, 0.25) is 0 Å². The summed E-state index contributed by atoms with van der Waals surface area (Å²) in [5, 5.41) is 4.83. The van der Waals surface area contributed by atoms with Crippen LogP contribution in [0.15, 0.2) is 35.6 Å². The van der Waals surface area contributed by atoms with Gasteiger partial charge in [0, 0.05) is 18.8 Å². The van der Waals surface area contributed by atoms with E-state index in [0.717, 1.165) is 22.2 Å². The van der Waals surface area contributed by atoms with Crippen molar-refractivity contribution in [2.45, 2.75) is 26.8 Å². The monoisotopic (exact) mass is 282 g/mol. The molecule has 1 atom stereocenters. The van der Waals surface area contributed by atoms with Crippen LogP contribution in [-0.2, 0) is 7.05 Å². The maximum Gasteiger partial charge on any atom is 0.261 e. The Morgan fingerprint density at radius 2 is 2.00 bits per heavy atom. The fourth-order valence-corrected chi connectivity index (χ4v) is 2.54. The predicted molar refractivity (Wildman–Crippen MR) is 82.5 cm³/mol. The van der Waals surface area contributed by atoms with Crippen molar-refractivity contribution in [2.75, 3.05) is 0 Å². The average molecular weight is 282 g/mol. The molecule has 0 radical (unpaired) electrons. The van der Waals surface area contributed by atoms with Gasteiger partial charge in [-0.3, -0.25) is 14.0 Å². The Balaban J connectivity index is 2.19. The molecule has 0 saturated carbocycles. The summed E-state index contributed by atoms with van der Waals surface area (Å²) in [4.78, 5) is 17.2. The van der Waals surface area contributed by atoms with E-state index >= 15 is 0 Å². The van der Waals surface area contributed by atoms with Crippen LogP contribution in [0.1, 0.15) is 29.7 Å². The Morgan fingerprint density at radius 3 is 2.67 bits per heavy atom. The van der Waals surface area contributed by atoms with E-state index < -0.39 is 0 Å². The molecule has 0 aliphatic carbocycles. The molecular weight excluding hydrogens is 264 g/mol. The quantitative estimate of drug-likeness (QED) is 0.725. The zero-order valence-corrected chi connectivity index (χ0v) is 12.7. The Bertz CT molecular complexity index is 876. The summed E-state index contributed by atoms with van der Waals surface area (Å²) in [7, 11) is 1.86. The standard InChI is InChI=1S/C16H18N4O/c1-10-5-6-14-15(11(10)2)17-9-20(16(14)21)12(3)13-7-18-19(4)8-13/h5-9,12H,1-4H3/t12-/m1/s1. The second-order valence-corrected chi connectivity index (χ2v) is 5.48. The summed E-state index contributed by atoms with van der Waals surface area (Å²) in [5.41, 5.74) is 3.97. The maximum absolute atomic E-state index is 12.7. The normalized spacial score (nSPS) is 12.8. The lowest BCUT2D eigenvalue weighted by Gasteiger charge is -2.14. The smallest absolute Gasteiger partial charge is 0.261 e. The van der Waals surface area contributed by atoms with Crippen molar-refractivity contribution in [3.8, 4) is 0 Å². The molecule has 108 valence electrons. The van der Waals surface area contributed by atoms with Crippen LogP contribution in [0.4, 0.5) is 0 Å². The molecule has 3 rings (SSSR count). The van der Waals surface area contributed by atoms with Gasteiger partial charge < -0.3 is 0 Å². The lowest BCUT2D eigenvalue weighted by atomic mass is 10.1. The van der Waals surface area contributed by atoms with Gasteiger partial charge in [-0.05, 0) is 38.0 Å². The number of rotatable bonds is 2. The van der Waals surface area contributed by atoms with E-state index in [1.54, 1.807) is 21.8 Å². The highest BCUT2D eigenvalue weighted by Crippen LogP contribution is 2.19. The highest BCUT2D eigenvalue weighted by atomic mass is 16.1. The molecule has 0 aliphatic rings. The van der Waals surface area contributed by atoms with Gasteiger partial charge in [0.25, 0.3) is 5.56 Å². The first-order valence-corrected chi connectivity index (χ1v) is 6.94. The van der Waals surface area contributed by atoms with E-state index in [2.05, 4.69) is 10.1 Å². The lowest BCUT2D eigenvalue weighted by molar-refractivity contribution is 0.608. The second kappa shape index (κ2) is 4.84. The van der Waals surface area contributed by atoms with Crippen molar-refractivity contribution >= 4 is 10.9 Å². The fraction of sp³-hybridized carbons (Fsp3) is 0.312. The number of benzene rings is 1. The van der Waals surface area contributed by atoms with Crippen LogP contribution >= 0.6 is 0 Å². The first-order chi connectivity index (χ1) is 9.99. The van der Waals surface area contributed by atoms with Gasteiger partial charge in [-0.15, -0.1) is 0 Å². The Labute approximate surface area is 122 Å². The van der Waals surface area contributed by atoms with Gasteiger partial charge in [0.15, 0.2) is 0 Å². The third-order valence-corrected chi connectivity index (χ3v) is 4.10. The third kappa shape index (κ3) is 2.14. The molecule has 1 aromatic carbocycles. The molecule has 0 bridgehead atoms. The molecule has 0 aliphatic heterocycles. The summed E-state index contributed by atoms with van der Waals surface area (Å²) in [6, 6.07) is 3.74. The number of aryl methyl sites for hydroxylation is 3. The van der Waals surface area contributed by atoms with E-state index in [0.29, 0.717) is 5.39 Å². The van der Waals surface area contributed by atoms with Crippen molar-refractivity contribution in [3.63, 3.8) is 0 Å². The predicted octanol–water partition coefficient (Wildman–Crippen LogP) is 2.36. The zero-order valence-electron chi connectivity index (χ0n) is 12.7. The molecule has 21 heavy (non-hydrogen) atoms. The zero-order chi connectivity index (χ0) is 15.1. The molecule has 2 aromatic heterocycles. The van der Waals surface area contributed by atoms with E-state index in [1.807, 2.05) is 46.1 Å². The summed E-state index contributed by atoms with van der Waals surface area (Å²) < 4.78 is 3.40. The minimum Gasteiger partial charge on any atom is -0.291 e. The summed E-state index contributed by atoms with van der Waals surface area (Å²) >= 11 is 0. The first kappa shape index (κ1) is 13.5. The highest BCUT2D eigenvalue weighted by molar-refractivity contribution is 5.81. The molecule has 0 fully saturated rings. The largest absolute Gasteiger partial charge is 0.291 e. The fourth-order valence-electron chi connectivity index (χ4n) is 2.54. The van der Waals surface area contributed by atoms with Crippen LogP contribution in [0.3, 0.4) is 0 Å². The molecule has 0 amide bonds. The van der Waals surface area contributed by atoms with Crippen LogP contribution in [0, 0.1) is 13.8 Å². The van der Waals surface area contributed by atoms with Crippen LogP contribution in [-0.4, -0.2) is 19.3 Å². The molecule has 0 saturated heterocycles. The van der Waals surface area contributed by atoms with Gasteiger partial charge in [0.1, 0.15) is 0 Å². The molecule has 5 nitrogen and oxygen atoms in total. The molecule has 5 heteroatoms. The number of nitrogens with zero attached hydrogens (tertiary/aromatic N) is 4. The Morgan fingerprint density at radius 1 is 1.24 bits per heavy atom. The van der Waals surface area contributed by atoms with E-state index in [-0.39, 0.29) is 11.6 Å². The van der Waals surface area contributed by atoms with Crippen molar-refractivity contribution in [2.24, 2.45) is 7.05 Å². The van der Waals surface area contributed by atoms with Gasteiger partial charge in [0.05, 0.1) is 29.5 Å². The van der Waals surface area contributed by atoms with E-state index in [1.165, 1.54) is 0 Å². The van der Waals surface area contributed by atoms with E-state index in [9.17, 15) is 4.79 Å². The maximum atomic E-state index is 12.7. The van der Waals surface area contributed by atoms with Gasteiger partial charge in [-0.25, -0.2) is 4.98 Å². The molecule has 2 heterocycles. The number of fused-ring (bicyclic) bond motifs is 1. The summed E-state index contributed by atoms with van der Waals surface area (Å²) in [6.07, 6.45) is 5.33. The minimum absolute atomic E-state index is 0.0144. The molecule has 0 unspecified atom stereocenters. The van der Waals surface area contributed by atoms with Crippen molar-refractivity contribution in [1.29, 1.82) is 0 Å². The third-order valence-electron chi connectivity index (χ3n) is 4.10. The van der Waals surface area contributed by atoms with Gasteiger partial charge >= 0.3 is 0 Å². The number of hydrogen-bond acceptors (Lipinski definition) is 3. The van der Waals surface area contributed by atoms with Crippen LogP contribution in [0.5, 0.6) is 0 Å². The topological polar surface area (TPSA) is 52.7 Å². The molecule has 3 aromatic rings. The highest BCUT2D eigenvalue weighted by Gasteiger charge is 2.14. The lowest BCUT2D eigenvalue weighted by Crippen LogP contribution is -2.24. The molecular formula is C16H18N4O. The van der Waals surface area contributed by atoms with Crippen LogP contribution in [0.25, 0.3) is 10.9 Å². The van der Waals surface area contributed by atoms with Gasteiger partial charge in [-0.1, -0.05) is 6.07 Å². The second-order valence-electron chi connectivity index (χ2n) is 5.48. The van der Waals surface area contributed by atoms with Gasteiger partial charge in [-0.2, -0.15) is 5.10 Å². The van der Waals surface area contributed by atoms with Crippen molar-refractivity contribution in [3.05, 3.63) is 57.9 Å². The Kier molecular flexibility index (Phi) is 3.12. The minimum atomic E-state index is -0.0929. The van der Waals surface area contributed by atoms with Crippen LogP contribution < -0.4 is 5.56 Å². The van der Waals surface area contributed by atoms with E-state index in [4.69, 9.17) is 0 Å². The van der Waals surface area contributed by atoms with Crippen molar-refractivity contribution in [1.82, 2.24) is 19.3 Å². The average Bonchev–Trinajstić information content (AvgIpc) is 2.89. The first-order valence-electron chi connectivity index (χ1n) is 6.94. The SMILES string of the molecule is Cc1ccc2c(=O)n([C@H](C)c3cnn(C)c3)cnc2c1C. The molecule has 0 spiro atoms. The summed E-state index contributed by atoms with van der Waals surface area (Å²) in [5.74, 6) is 0. The Hall–Kier alpha value is -2.43. The van der Waals surface area contributed by atoms with Crippen LogP contribution in [0.2, 0.25) is 0 Å². The van der Waals surface area contributed by atoms with Crippen molar-refractivity contribution < 1.29 is 0 Å². The summed E-state index contributed by atoms with van der Waals surface area (Å²) in [6.45, 7) is 6.01. The number of hydrogen-bond donors (Lipinski definition) is 0.